The predicted octanol–water partition coefficient (Wildman–Crippen LogP) is 1.78. The Morgan fingerprint density at radius 3 is 3.06 bits per heavy atom. The standard InChI is InChI=1S/C13H21N3O/c1-3-10(14)9-11-5-7-15-12(16-11)13(2)6-4-8-17-13/h5,7,10H,3-4,6,8-9,14H2,1-2H3. The minimum absolute atomic E-state index is 0.176. The van der Waals surface area contributed by atoms with Crippen molar-refractivity contribution < 1.29 is 4.74 Å². The van der Waals surface area contributed by atoms with Crippen molar-refractivity contribution in [3.63, 3.8) is 0 Å². The summed E-state index contributed by atoms with van der Waals surface area (Å²) < 4.78 is 5.76. The van der Waals surface area contributed by atoms with Crippen LogP contribution in [0.15, 0.2) is 12.3 Å². The van der Waals surface area contributed by atoms with Gasteiger partial charge < -0.3 is 10.5 Å². The molecule has 4 nitrogen and oxygen atoms in total. The summed E-state index contributed by atoms with van der Waals surface area (Å²) >= 11 is 0. The monoisotopic (exact) mass is 235 g/mol. The number of ether oxygens (including phenoxy) is 1. The summed E-state index contributed by atoms with van der Waals surface area (Å²) in [5.74, 6) is 0.802. The fourth-order valence-corrected chi connectivity index (χ4v) is 2.13. The lowest BCUT2D eigenvalue weighted by molar-refractivity contribution is 0.00913. The van der Waals surface area contributed by atoms with Gasteiger partial charge in [0.1, 0.15) is 5.60 Å². The van der Waals surface area contributed by atoms with Crippen LogP contribution in [0.25, 0.3) is 0 Å². The minimum Gasteiger partial charge on any atom is -0.367 e. The van der Waals surface area contributed by atoms with Crippen molar-refractivity contribution in [2.75, 3.05) is 6.61 Å². The Bertz CT molecular complexity index is 375. The van der Waals surface area contributed by atoms with Gasteiger partial charge >= 0.3 is 0 Å². The second-order valence-electron chi connectivity index (χ2n) is 4.93. The van der Waals surface area contributed by atoms with E-state index in [1.54, 1.807) is 0 Å². The van der Waals surface area contributed by atoms with Crippen molar-refractivity contribution in [2.45, 2.75) is 51.2 Å². The van der Waals surface area contributed by atoms with E-state index in [9.17, 15) is 0 Å². The maximum Gasteiger partial charge on any atom is 0.160 e. The smallest absolute Gasteiger partial charge is 0.160 e. The van der Waals surface area contributed by atoms with Gasteiger partial charge in [0.05, 0.1) is 0 Å². The molecule has 17 heavy (non-hydrogen) atoms. The van der Waals surface area contributed by atoms with Gasteiger partial charge in [-0.25, -0.2) is 9.97 Å². The van der Waals surface area contributed by atoms with E-state index in [2.05, 4.69) is 23.8 Å². The molecule has 2 heterocycles. The van der Waals surface area contributed by atoms with Crippen molar-refractivity contribution in [3.8, 4) is 0 Å². The first-order valence-corrected chi connectivity index (χ1v) is 6.36. The third-order valence-corrected chi connectivity index (χ3v) is 3.40. The van der Waals surface area contributed by atoms with E-state index in [1.165, 1.54) is 0 Å². The molecule has 1 aliphatic rings. The number of hydrogen-bond donors (Lipinski definition) is 1. The maximum absolute atomic E-state index is 5.95. The summed E-state index contributed by atoms with van der Waals surface area (Å²) in [5.41, 5.74) is 6.67. The minimum atomic E-state index is -0.299. The van der Waals surface area contributed by atoms with Crippen LogP contribution in [0.1, 0.15) is 44.6 Å². The highest BCUT2D eigenvalue weighted by Crippen LogP contribution is 2.33. The zero-order chi connectivity index (χ0) is 12.3. The average molecular weight is 235 g/mol. The second kappa shape index (κ2) is 5.10. The molecule has 4 heteroatoms. The van der Waals surface area contributed by atoms with Gasteiger partial charge in [-0.2, -0.15) is 0 Å². The zero-order valence-electron chi connectivity index (χ0n) is 10.6. The SMILES string of the molecule is CCC(N)Cc1ccnc(C2(C)CCCO2)n1. The van der Waals surface area contributed by atoms with E-state index in [0.717, 1.165) is 43.8 Å². The summed E-state index contributed by atoms with van der Waals surface area (Å²) in [7, 11) is 0. The molecular formula is C13H21N3O. The lowest BCUT2D eigenvalue weighted by Gasteiger charge is -2.21. The molecule has 0 bridgehead atoms. The van der Waals surface area contributed by atoms with E-state index in [4.69, 9.17) is 10.5 Å². The third-order valence-electron chi connectivity index (χ3n) is 3.40. The molecule has 0 saturated carbocycles. The van der Waals surface area contributed by atoms with Crippen LogP contribution in [-0.4, -0.2) is 22.6 Å². The molecule has 0 radical (unpaired) electrons. The Morgan fingerprint density at radius 2 is 2.41 bits per heavy atom. The number of nitrogens with two attached hydrogens (primary N) is 1. The summed E-state index contributed by atoms with van der Waals surface area (Å²) in [6, 6.07) is 2.12. The van der Waals surface area contributed by atoms with Crippen molar-refractivity contribution in [3.05, 3.63) is 23.8 Å². The van der Waals surface area contributed by atoms with E-state index in [1.807, 2.05) is 12.3 Å². The Hall–Kier alpha value is -1.00. The summed E-state index contributed by atoms with van der Waals surface area (Å²) in [4.78, 5) is 8.95. The molecule has 0 amide bonds. The molecule has 0 spiro atoms. The molecule has 2 N–H and O–H groups in total. The van der Waals surface area contributed by atoms with Gasteiger partial charge in [0.15, 0.2) is 5.82 Å². The van der Waals surface area contributed by atoms with Crippen molar-refractivity contribution in [1.29, 1.82) is 0 Å². The van der Waals surface area contributed by atoms with Gasteiger partial charge in [-0.3, -0.25) is 0 Å². The molecule has 0 aliphatic carbocycles. The normalized spacial score (nSPS) is 26.1. The van der Waals surface area contributed by atoms with Crippen LogP contribution in [0.3, 0.4) is 0 Å². The number of rotatable bonds is 4. The second-order valence-corrected chi connectivity index (χ2v) is 4.93. The highest BCUT2D eigenvalue weighted by atomic mass is 16.5. The molecule has 1 aromatic rings. The number of hydrogen-bond acceptors (Lipinski definition) is 4. The van der Waals surface area contributed by atoms with Gasteiger partial charge in [-0.1, -0.05) is 6.92 Å². The summed E-state index contributed by atoms with van der Waals surface area (Å²) in [6.07, 6.45) is 5.66. The largest absolute Gasteiger partial charge is 0.367 e. The third kappa shape index (κ3) is 2.82. The fourth-order valence-electron chi connectivity index (χ4n) is 2.13. The molecule has 1 fully saturated rings. The Morgan fingerprint density at radius 1 is 1.59 bits per heavy atom. The van der Waals surface area contributed by atoms with Crippen LogP contribution in [0.2, 0.25) is 0 Å². The molecule has 2 unspecified atom stereocenters. The first kappa shape index (κ1) is 12.5. The lowest BCUT2D eigenvalue weighted by Crippen LogP contribution is -2.26. The van der Waals surface area contributed by atoms with Crippen molar-refractivity contribution >= 4 is 0 Å². The summed E-state index contributed by atoms with van der Waals surface area (Å²) in [6.45, 7) is 4.96. The van der Waals surface area contributed by atoms with Crippen LogP contribution < -0.4 is 5.73 Å². The molecule has 0 aromatic carbocycles. The van der Waals surface area contributed by atoms with Gasteiger partial charge in [0.2, 0.25) is 0 Å². The van der Waals surface area contributed by atoms with Crippen LogP contribution >= 0.6 is 0 Å². The lowest BCUT2D eigenvalue weighted by atomic mass is 10.0. The van der Waals surface area contributed by atoms with Gasteiger partial charge in [-0.15, -0.1) is 0 Å². The van der Waals surface area contributed by atoms with E-state index >= 15 is 0 Å². The highest BCUT2D eigenvalue weighted by Gasteiger charge is 2.34. The van der Waals surface area contributed by atoms with Crippen LogP contribution in [0, 0.1) is 0 Å². The Labute approximate surface area is 103 Å². The Kier molecular flexibility index (Phi) is 3.74. The number of aromatic nitrogens is 2. The number of nitrogens with zero attached hydrogens (tertiary/aromatic N) is 2. The molecular weight excluding hydrogens is 214 g/mol. The van der Waals surface area contributed by atoms with Crippen LogP contribution in [0.5, 0.6) is 0 Å². The Balaban J connectivity index is 2.16. The average Bonchev–Trinajstić information content (AvgIpc) is 2.78. The van der Waals surface area contributed by atoms with Crippen molar-refractivity contribution in [2.24, 2.45) is 5.73 Å². The first-order chi connectivity index (χ1) is 8.14. The molecule has 94 valence electrons. The van der Waals surface area contributed by atoms with Gasteiger partial charge in [-0.05, 0) is 32.3 Å². The zero-order valence-corrected chi connectivity index (χ0v) is 10.6. The molecule has 2 atom stereocenters. The highest BCUT2D eigenvalue weighted by molar-refractivity contribution is 5.10. The van der Waals surface area contributed by atoms with Crippen LogP contribution in [0.4, 0.5) is 0 Å². The topological polar surface area (TPSA) is 61.0 Å². The van der Waals surface area contributed by atoms with Crippen LogP contribution in [-0.2, 0) is 16.8 Å². The van der Waals surface area contributed by atoms with Gasteiger partial charge in [0.25, 0.3) is 0 Å². The predicted molar refractivity (Wildman–Crippen MR) is 66.5 cm³/mol. The fraction of sp³-hybridized carbons (Fsp3) is 0.692. The molecule has 1 saturated heterocycles. The summed E-state index contributed by atoms with van der Waals surface area (Å²) in [5, 5.41) is 0. The molecule has 1 aliphatic heterocycles. The quantitative estimate of drug-likeness (QED) is 0.864. The van der Waals surface area contributed by atoms with E-state index in [0.29, 0.717) is 0 Å². The van der Waals surface area contributed by atoms with E-state index < -0.39 is 0 Å². The molecule has 2 rings (SSSR count). The maximum atomic E-state index is 5.95. The van der Waals surface area contributed by atoms with Crippen molar-refractivity contribution in [1.82, 2.24) is 9.97 Å². The molecule has 1 aromatic heterocycles. The van der Waals surface area contributed by atoms with Gasteiger partial charge in [0, 0.05) is 31.0 Å². The first-order valence-electron chi connectivity index (χ1n) is 6.36. The van der Waals surface area contributed by atoms with E-state index in [-0.39, 0.29) is 11.6 Å².